The molecule has 0 bridgehead atoms. The Balaban J connectivity index is 2.21. The van der Waals surface area contributed by atoms with Crippen LogP contribution in [0.2, 0.25) is 0 Å². The monoisotopic (exact) mass is 298 g/mol. The van der Waals surface area contributed by atoms with Crippen LogP contribution in [0.15, 0.2) is 54.6 Å². The zero-order valence-corrected chi connectivity index (χ0v) is 11.8. The van der Waals surface area contributed by atoms with Crippen LogP contribution in [0, 0.1) is 11.8 Å². The van der Waals surface area contributed by atoms with Gasteiger partial charge in [0.2, 0.25) is 0 Å². The molecule has 0 radical (unpaired) electrons. The second-order valence-corrected chi connectivity index (χ2v) is 4.86. The molecule has 0 amide bonds. The molecule has 0 aromatic heterocycles. The Labute approximate surface area is 117 Å². The van der Waals surface area contributed by atoms with Gasteiger partial charge >= 0.3 is 0 Å². The molecule has 18 heavy (non-hydrogen) atoms. The Morgan fingerprint density at radius 2 is 1.56 bits per heavy atom. The molecule has 2 aromatic rings. The molecule has 0 saturated heterocycles. The summed E-state index contributed by atoms with van der Waals surface area (Å²) < 4.78 is 0. The van der Waals surface area contributed by atoms with E-state index in [1.54, 1.807) is 0 Å². The van der Waals surface area contributed by atoms with E-state index in [0.29, 0.717) is 0 Å². The number of benzene rings is 2. The third kappa shape index (κ3) is 3.75. The molecular weight excluding hydrogens is 284 g/mol. The molecule has 0 nitrogen and oxygen atoms in total. The maximum absolute atomic E-state index is 3.47. The third-order valence-corrected chi connectivity index (χ3v) is 3.27. The first kappa shape index (κ1) is 12.9. The quantitative estimate of drug-likeness (QED) is 0.581. The van der Waals surface area contributed by atoms with E-state index in [1.165, 1.54) is 5.56 Å². The molecule has 0 spiro atoms. The lowest BCUT2D eigenvalue weighted by Gasteiger charge is -2.02. The van der Waals surface area contributed by atoms with Crippen molar-refractivity contribution in [1.82, 2.24) is 0 Å². The zero-order chi connectivity index (χ0) is 12.6. The van der Waals surface area contributed by atoms with Gasteiger partial charge in [-0.3, -0.25) is 0 Å². The predicted molar refractivity (Wildman–Crippen MR) is 81.0 cm³/mol. The smallest absolute Gasteiger partial charge is 0.0281 e. The fourth-order valence-electron chi connectivity index (χ4n) is 1.78. The average Bonchev–Trinajstić information content (AvgIpc) is 2.45. The van der Waals surface area contributed by atoms with Crippen molar-refractivity contribution in [3.63, 3.8) is 0 Å². The second kappa shape index (κ2) is 7.03. The second-order valence-electron chi connectivity index (χ2n) is 4.07. The van der Waals surface area contributed by atoms with E-state index in [0.717, 1.165) is 29.3 Å². The molecule has 0 aliphatic rings. The van der Waals surface area contributed by atoms with E-state index >= 15 is 0 Å². The lowest BCUT2D eigenvalue weighted by Crippen LogP contribution is -1.90. The number of hydrogen-bond acceptors (Lipinski definition) is 0. The van der Waals surface area contributed by atoms with Crippen LogP contribution in [0.1, 0.15) is 23.1 Å². The number of rotatable bonds is 3. The van der Waals surface area contributed by atoms with Crippen LogP contribution >= 0.6 is 15.9 Å². The van der Waals surface area contributed by atoms with Gasteiger partial charge < -0.3 is 0 Å². The molecule has 90 valence electrons. The zero-order valence-electron chi connectivity index (χ0n) is 10.2. The highest BCUT2D eigenvalue weighted by molar-refractivity contribution is 9.09. The Bertz CT molecular complexity index is 547. The average molecular weight is 299 g/mol. The summed E-state index contributed by atoms with van der Waals surface area (Å²) in [5.41, 5.74) is 3.54. The number of hydrogen-bond donors (Lipinski definition) is 0. The van der Waals surface area contributed by atoms with Crippen molar-refractivity contribution in [2.24, 2.45) is 0 Å². The van der Waals surface area contributed by atoms with Gasteiger partial charge in [-0.1, -0.05) is 64.2 Å². The van der Waals surface area contributed by atoms with Crippen LogP contribution in [0.3, 0.4) is 0 Å². The maximum atomic E-state index is 3.47. The highest BCUT2D eigenvalue weighted by Crippen LogP contribution is 2.11. The van der Waals surface area contributed by atoms with Crippen molar-refractivity contribution in [1.29, 1.82) is 0 Å². The molecule has 0 unspecified atom stereocenters. The fraction of sp³-hybridized carbons (Fsp3) is 0.176. The van der Waals surface area contributed by atoms with E-state index in [2.05, 4.69) is 46.0 Å². The van der Waals surface area contributed by atoms with Crippen molar-refractivity contribution in [3.05, 3.63) is 71.3 Å². The van der Waals surface area contributed by atoms with Gasteiger partial charge in [-0.2, -0.15) is 0 Å². The summed E-state index contributed by atoms with van der Waals surface area (Å²) in [4.78, 5) is 0. The van der Waals surface area contributed by atoms with Crippen LogP contribution in [0.25, 0.3) is 0 Å². The molecule has 2 aromatic carbocycles. The minimum absolute atomic E-state index is 1.04. The third-order valence-electron chi connectivity index (χ3n) is 2.71. The van der Waals surface area contributed by atoms with E-state index in [1.807, 2.05) is 36.4 Å². The Morgan fingerprint density at radius 1 is 0.833 bits per heavy atom. The number of alkyl halides is 1. The molecule has 0 aliphatic heterocycles. The SMILES string of the molecule is BrCCCc1ccccc1C#Cc1ccccc1. The Hall–Kier alpha value is -1.52. The molecule has 0 N–H and O–H groups in total. The first-order chi connectivity index (χ1) is 8.90. The van der Waals surface area contributed by atoms with Gasteiger partial charge in [-0.15, -0.1) is 0 Å². The lowest BCUT2D eigenvalue weighted by atomic mass is 10.0. The molecule has 0 atom stereocenters. The Kier molecular flexibility index (Phi) is 5.05. The first-order valence-corrected chi connectivity index (χ1v) is 7.23. The molecule has 1 heteroatoms. The summed E-state index contributed by atoms with van der Waals surface area (Å²) in [5, 5.41) is 1.04. The van der Waals surface area contributed by atoms with Gasteiger partial charge in [0.1, 0.15) is 0 Å². The molecule has 2 rings (SSSR count). The van der Waals surface area contributed by atoms with Gasteiger partial charge in [-0.25, -0.2) is 0 Å². The van der Waals surface area contributed by atoms with Crippen LogP contribution < -0.4 is 0 Å². The first-order valence-electron chi connectivity index (χ1n) is 6.11. The van der Waals surface area contributed by atoms with Crippen LogP contribution in [-0.4, -0.2) is 5.33 Å². The number of halogens is 1. The molecule has 0 heterocycles. The van der Waals surface area contributed by atoms with E-state index in [4.69, 9.17) is 0 Å². The van der Waals surface area contributed by atoms with Gasteiger partial charge in [0.15, 0.2) is 0 Å². The van der Waals surface area contributed by atoms with Gasteiger partial charge in [0.05, 0.1) is 0 Å². The fourth-order valence-corrected chi connectivity index (χ4v) is 2.06. The summed E-state index contributed by atoms with van der Waals surface area (Å²) in [5.74, 6) is 6.49. The van der Waals surface area contributed by atoms with Gasteiger partial charge in [-0.05, 0) is 36.6 Å². The normalized spacial score (nSPS) is 9.61. The molecule has 0 fully saturated rings. The van der Waals surface area contributed by atoms with Crippen molar-refractivity contribution in [2.45, 2.75) is 12.8 Å². The topological polar surface area (TPSA) is 0 Å². The lowest BCUT2D eigenvalue weighted by molar-refractivity contribution is 0.936. The largest absolute Gasteiger partial charge is 0.0928 e. The van der Waals surface area contributed by atoms with E-state index < -0.39 is 0 Å². The summed E-state index contributed by atoms with van der Waals surface area (Å²) in [6.07, 6.45) is 2.22. The van der Waals surface area contributed by atoms with Crippen molar-refractivity contribution in [2.75, 3.05) is 5.33 Å². The standard InChI is InChI=1S/C17H15Br/c18-14-6-11-16-9-4-5-10-17(16)13-12-15-7-2-1-3-8-15/h1-5,7-10H,6,11,14H2. The summed E-state index contributed by atoms with van der Waals surface area (Å²) in [6.45, 7) is 0. The highest BCUT2D eigenvalue weighted by Gasteiger charge is 1.98. The highest BCUT2D eigenvalue weighted by atomic mass is 79.9. The van der Waals surface area contributed by atoms with E-state index in [9.17, 15) is 0 Å². The van der Waals surface area contributed by atoms with Gasteiger partial charge in [0.25, 0.3) is 0 Å². The van der Waals surface area contributed by atoms with Gasteiger partial charge in [0, 0.05) is 16.5 Å². The molecular formula is C17H15Br. The number of aryl methyl sites for hydroxylation is 1. The van der Waals surface area contributed by atoms with Crippen LogP contribution in [0.4, 0.5) is 0 Å². The molecule has 0 saturated carbocycles. The predicted octanol–water partition coefficient (Wildman–Crippen LogP) is 4.41. The minimum atomic E-state index is 1.04. The van der Waals surface area contributed by atoms with E-state index in [-0.39, 0.29) is 0 Å². The Morgan fingerprint density at radius 3 is 2.33 bits per heavy atom. The maximum Gasteiger partial charge on any atom is 0.0281 e. The summed E-state index contributed by atoms with van der Waals surface area (Å²) in [6, 6.07) is 18.5. The molecule has 0 aliphatic carbocycles. The summed E-state index contributed by atoms with van der Waals surface area (Å²) in [7, 11) is 0. The van der Waals surface area contributed by atoms with Crippen LogP contribution in [0.5, 0.6) is 0 Å². The van der Waals surface area contributed by atoms with Crippen molar-refractivity contribution in [3.8, 4) is 11.8 Å². The minimum Gasteiger partial charge on any atom is -0.0928 e. The van der Waals surface area contributed by atoms with Crippen molar-refractivity contribution < 1.29 is 0 Å². The summed E-state index contributed by atoms with van der Waals surface area (Å²) >= 11 is 3.47. The van der Waals surface area contributed by atoms with Crippen LogP contribution in [-0.2, 0) is 6.42 Å². The van der Waals surface area contributed by atoms with Crippen molar-refractivity contribution >= 4 is 15.9 Å².